The molecule has 0 aliphatic rings. The van der Waals surface area contributed by atoms with Crippen molar-refractivity contribution in [2.24, 2.45) is 0 Å². The van der Waals surface area contributed by atoms with E-state index in [2.05, 4.69) is 15.6 Å². The van der Waals surface area contributed by atoms with E-state index < -0.39 is 24.3 Å². The summed E-state index contributed by atoms with van der Waals surface area (Å²) in [6, 6.07) is 1.48. The monoisotopic (exact) mass is 332 g/mol. The highest BCUT2D eigenvalue weighted by Gasteiger charge is 2.37. The molecule has 0 spiro atoms. The van der Waals surface area contributed by atoms with Crippen LogP contribution in [0.25, 0.3) is 0 Å². The molecular formula is C13H15F3N4O3. The summed E-state index contributed by atoms with van der Waals surface area (Å²) >= 11 is 0. The maximum absolute atomic E-state index is 12.9. The summed E-state index contributed by atoms with van der Waals surface area (Å²) in [5.74, 6) is 0.0875. The van der Waals surface area contributed by atoms with Gasteiger partial charge in [0.1, 0.15) is 12.3 Å². The summed E-state index contributed by atoms with van der Waals surface area (Å²) in [4.78, 5) is 11.8. The molecular weight excluding hydrogens is 317 g/mol. The Morgan fingerprint density at radius 3 is 2.78 bits per heavy atom. The number of halogens is 3. The van der Waals surface area contributed by atoms with Crippen molar-refractivity contribution in [3.8, 4) is 0 Å². The Balaban J connectivity index is 2.09. The first-order chi connectivity index (χ1) is 10.8. The first-order valence-electron chi connectivity index (χ1n) is 6.77. The molecule has 23 heavy (non-hydrogen) atoms. The van der Waals surface area contributed by atoms with Crippen LogP contribution in [0.15, 0.2) is 16.8 Å². The topological polar surface area (TPSA) is 93.2 Å². The van der Waals surface area contributed by atoms with Gasteiger partial charge in [-0.15, -0.1) is 0 Å². The number of rotatable bonds is 6. The summed E-state index contributed by atoms with van der Waals surface area (Å²) in [7, 11) is 0. The number of aromatic nitrogens is 3. The fraction of sp³-hybridized carbons (Fsp3) is 0.462. The Morgan fingerprint density at radius 1 is 1.48 bits per heavy atom. The largest absolute Gasteiger partial charge is 0.435 e. The zero-order valence-corrected chi connectivity index (χ0v) is 12.2. The van der Waals surface area contributed by atoms with E-state index in [4.69, 9.17) is 9.63 Å². The molecule has 0 fully saturated rings. The molecule has 0 saturated carbocycles. The summed E-state index contributed by atoms with van der Waals surface area (Å²) in [5.41, 5.74) is -1.10. The number of hydrogen-bond donors (Lipinski definition) is 2. The van der Waals surface area contributed by atoms with Gasteiger partial charge >= 0.3 is 6.18 Å². The van der Waals surface area contributed by atoms with Gasteiger partial charge in [0.15, 0.2) is 11.5 Å². The van der Waals surface area contributed by atoms with Crippen molar-refractivity contribution in [1.29, 1.82) is 0 Å². The van der Waals surface area contributed by atoms with Gasteiger partial charge in [0.05, 0.1) is 0 Å². The molecule has 0 unspecified atom stereocenters. The Hall–Kier alpha value is -2.36. The van der Waals surface area contributed by atoms with E-state index in [1.54, 1.807) is 6.92 Å². The molecule has 2 rings (SSSR count). The Bertz CT molecular complexity index is 678. The van der Waals surface area contributed by atoms with Crippen LogP contribution in [0, 0.1) is 6.92 Å². The first kappa shape index (κ1) is 17.0. The summed E-state index contributed by atoms with van der Waals surface area (Å²) in [6.07, 6.45) is -3.25. The van der Waals surface area contributed by atoms with E-state index in [1.807, 2.05) is 0 Å². The summed E-state index contributed by atoms with van der Waals surface area (Å²) in [5, 5.41) is 18.1. The molecule has 2 N–H and O–H groups in total. The second-order valence-corrected chi connectivity index (χ2v) is 4.90. The number of nitrogens with one attached hydrogen (secondary N) is 1. The Kier molecular flexibility index (Phi) is 5.04. The molecule has 2 aromatic heterocycles. The quantitative estimate of drug-likeness (QED) is 0.841. The Morgan fingerprint density at radius 2 is 2.22 bits per heavy atom. The van der Waals surface area contributed by atoms with Crippen molar-refractivity contribution in [2.75, 3.05) is 11.9 Å². The minimum absolute atomic E-state index is 0.0233. The molecule has 0 saturated heterocycles. The van der Waals surface area contributed by atoms with Crippen molar-refractivity contribution in [3.05, 3.63) is 29.3 Å². The molecule has 0 aliphatic heterocycles. The average Bonchev–Trinajstić information content (AvgIpc) is 3.02. The third-order valence-corrected chi connectivity index (χ3v) is 2.91. The average molecular weight is 332 g/mol. The first-order valence-corrected chi connectivity index (χ1v) is 6.77. The number of alkyl halides is 3. The van der Waals surface area contributed by atoms with Crippen LogP contribution in [-0.2, 0) is 23.9 Å². The second kappa shape index (κ2) is 6.82. The highest BCUT2D eigenvalue weighted by Crippen LogP contribution is 2.31. The van der Waals surface area contributed by atoms with Crippen LogP contribution < -0.4 is 5.32 Å². The number of nitrogens with zero attached hydrogens (tertiary/aromatic N) is 3. The highest BCUT2D eigenvalue weighted by molar-refractivity contribution is 5.89. The van der Waals surface area contributed by atoms with Crippen molar-refractivity contribution >= 4 is 11.7 Å². The van der Waals surface area contributed by atoms with E-state index in [1.165, 1.54) is 6.07 Å². The Labute approximate surface area is 129 Å². The van der Waals surface area contributed by atoms with E-state index in [0.29, 0.717) is 5.76 Å². The van der Waals surface area contributed by atoms with Gasteiger partial charge in [-0.25, -0.2) is 0 Å². The second-order valence-electron chi connectivity index (χ2n) is 4.90. The van der Waals surface area contributed by atoms with Gasteiger partial charge in [0.2, 0.25) is 5.91 Å². The fourth-order valence-corrected chi connectivity index (χ4v) is 1.99. The van der Waals surface area contributed by atoms with Gasteiger partial charge in [-0.2, -0.15) is 18.3 Å². The maximum atomic E-state index is 12.9. The van der Waals surface area contributed by atoms with Gasteiger partial charge in [0, 0.05) is 24.4 Å². The third-order valence-electron chi connectivity index (χ3n) is 2.91. The molecule has 2 aromatic rings. The lowest BCUT2D eigenvalue weighted by molar-refractivity contribution is -0.142. The van der Waals surface area contributed by atoms with Crippen molar-refractivity contribution < 1.29 is 27.6 Å². The molecule has 0 bridgehead atoms. The fourth-order valence-electron chi connectivity index (χ4n) is 1.99. The number of carbonyl (C=O) groups is 1. The van der Waals surface area contributed by atoms with E-state index in [-0.39, 0.29) is 30.8 Å². The van der Waals surface area contributed by atoms with Crippen LogP contribution in [0.3, 0.4) is 0 Å². The number of anilines is 1. The lowest BCUT2D eigenvalue weighted by atomic mass is 10.1. The highest BCUT2D eigenvalue weighted by atomic mass is 19.4. The molecule has 1 amide bonds. The van der Waals surface area contributed by atoms with Gasteiger partial charge < -0.3 is 14.9 Å². The molecule has 0 aromatic carbocycles. The van der Waals surface area contributed by atoms with Gasteiger partial charge in [0.25, 0.3) is 0 Å². The number of aliphatic hydroxyl groups is 1. The van der Waals surface area contributed by atoms with E-state index >= 15 is 0 Å². The minimum Gasteiger partial charge on any atom is -0.396 e. The number of hydrogen-bond acceptors (Lipinski definition) is 5. The third kappa shape index (κ3) is 4.55. The smallest absolute Gasteiger partial charge is 0.396 e. The lowest BCUT2D eigenvalue weighted by Gasteiger charge is -2.05. The molecule has 2 heterocycles. The van der Waals surface area contributed by atoms with Crippen molar-refractivity contribution in [1.82, 2.24) is 14.9 Å². The SMILES string of the molecule is Cc1cc(NC(=O)Cn2cc(CCCO)c(C(F)(F)F)n2)no1. The zero-order valence-electron chi connectivity index (χ0n) is 12.2. The predicted octanol–water partition coefficient (Wildman–Crippen LogP) is 1.76. The standard InChI is InChI=1S/C13H15F3N4O3/c1-8-5-10(19-23-8)17-11(22)7-20-6-9(3-2-4-21)12(18-20)13(14,15)16/h5-6,21H,2-4,7H2,1H3,(H,17,19,22). The van der Waals surface area contributed by atoms with Crippen molar-refractivity contribution in [2.45, 2.75) is 32.5 Å². The lowest BCUT2D eigenvalue weighted by Crippen LogP contribution is -2.19. The molecule has 7 nitrogen and oxygen atoms in total. The van der Waals surface area contributed by atoms with Gasteiger partial charge in [-0.3, -0.25) is 9.48 Å². The van der Waals surface area contributed by atoms with Crippen LogP contribution in [0.4, 0.5) is 19.0 Å². The summed E-state index contributed by atoms with van der Waals surface area (Å²) in [6.45, 7) is 1.02. The normalized spacial score (nSPS) is 11.7. The molecule has 0 atom stereocenters. The van der Waals surface area contributed by atoms with Gasteiger partial charge in [-0.05, 0) is 19.8 Å². The van der Waals surface area contributed by atoms with Crippen LogP contribution >= 0.6 is 0 Å². The number of carbonyl (C=O) groups excluding carboxylic acids is 1. The van der Waals surface area contributed by atoms with Crippen LogP contribution in [0.2, 0.25) is 0 Å². The molecule has 0 radical (unpaired) electrons. The molecule has 126 valence electrons. The number of aryl methyl sites for hydroxylation is 2. The number of aliphatic hydroxyl groups excluding tert-OH is 1. The van der Waals surface area contributed by atoms with Crippen LogP contribution in [0.1, 0.15) is 23.4 Å². The van der Waals surface area contributed by atoms with E-state index in [9.17, 15) is 18.0 Å². The number of amides is 1. The zero-order chi connectivity index (χ0) is 17.0. The van der Waals surface area contributed by atoms with Crippen LogP contribution in [0.5, 0.6) is 0 Å². The van der Waals surface area contributed by atoms with Crippen molar-refractivity contribution in [3.63, 3.8) is 0 Å². The predicted molar refractivity (Wildman–Crippen MR) is 72.5 cm³/mol. The minimum atomic E-state index is -4.62. The van der Waals surface area contributed by atoms with Gasteiger partial charge in [-0.1, -0.05) is 5.16 Å². The summed E-state index contributed by atoms with van der Waals surface area (Å²) < 4.78 is 44.4. The maximum Gasteiger partial charge on any atom is 0.435 e. The molecule has 0 aliphatic carbocycles. The molecule has 10 heteroatoms. The van der Waals surface area contributed by atoms with Crippen LogP contribution in [-0.4, -0.2) is 32.6 Å². The van der Waals surface area contributed by atoms with E-state index in [0.717, 1.165) is 10.9 Å².